The van der Waals surface area contributed by atoms with E-state index in [1.807, 2.05) is 13.0 Å². The van der Waals surface area contributed by atoms with Crippen LogP contribution in [0.5, 0.6) is 0 Å². The van der Waals surface area contributed by atoms with Crippen LogP contribution >= 0.6 is 0 Å². The van der Waals surface area contributed by atoms with E-state index >= 15 is 0 Å². The van der Waals surface area contributed by atoms with Crippen LogP contribution in [-0.4, -0.2) is 6.21 Å². The maximum absolute atomic E-state index is 7.68. The van der Waals surface area contributed by atoms with Crippen molar-refractivity contribution < 1.29 is 0 Å². The quantitative estimate of drug-likeness (QED) is 0.520. The van der Waals surface area contributed by atoms with Gasteiger partial charge in [-0.3, -0.25) is 0 Å². The molecule has 2 heteroatoms. The summed E-state index contributed by atoms with van der Waals surface area (Å²) in [7, 11) is 0. The topological polar surface area (TPSA) is 27.1 Å². The summed E-state index contributed by atoms with van der Waals surface area (Å²) in [6.45, 7) is 17.4. The van der Waals surface area contributed by atoms with Crippen molar-refractivity contribution >= 4 is 17.5 Å². The molecule has 0 atom stereocenters. The lowest BCUT2D eigenvalue weighted by atomic mass is 9.88. The monoisotopic (exact) mass is 396 g/mol. The number of benzene rings is 2. The zero-order chi connectivity index (χ0) is 22.0. The molecule has 154 valence electrons. The van der Waals surface area contributed by atoms with Crippen LogP contribution in [0.2, 0.25) is 0 Å². The standard InChI is InChI=1S/C28H32N2/c1-18(2)27(26-11-8-19(3)14-22(26)6)16-28-21(5)12-13-30(23(28)7)25-10-9-20(4)24(15-25)17-29/h8-18,29H,7H2,1-6H3/b27-16+,29-17?. The molecule has 0 saturated heterocycles. The van der Waals surface area contributed by atoms with Crippen molar-refractivity contribution in [3.05, 3.63) is 106 Å². The van der Waals surface area contributed by atoms with E-state index in [4.69, 9.17) is 5.41 Å². The minimum atomic E-state index is 0.391. The van der Waals surface area contributed by atoms with Gasteiger partial charge < -0.3 is 10.3 Å². The summed E-state index contributed by atoms with van der Waals surface area (Å²) in [4.78, 5) is 2.12. The van der Waals surface area contributed by atoms with Crippen LogP contribution in [0.1, 0.15) is 48.6 Å². The summed E-state index contributed by atoms with van der Waals surface area (Å²) >= 11 is 0. The number of allylic oxidation sites excluding steroid dienone is 4. The fraction of sp³-hybridized carbons (Fsp3) is 0.250. The highest BCUT2D eigenvalue weighted by Crippen LogP contribution is 2.35. The lowest BCUT2D eigenvalue weighted by Gasteiger charge is -2.29. The predicted octanol–water partition coefficient (Wildman–Crippen LogP) is 7.51. The first kappa shape index (κ1) is 21.6. The molecule has 0 aliphatic carbocycles. The average Bonchev–Trinajstić information content (AvgIpc) is 2.69. The Morgan fingerprint density at radius 1 is 1.00 bits per heavy atom. The molecule has 0 radical (unpaired) electrons. The Kier molecular flexibility index (Phi) is 6.26. The third kappa shape index (κ3) is 4.23. The Balaban J connectivity index is 2.06. The zero-order valence-electron chi connectivity index (χ0n) is 19.0. The second-order valence-electron chi connectivity index (χ2n) is 8.49. The minimum Gasteiger partial charge on any atom is -0.317 e. The SMILES string of the molecule is C=C1C(/C=C(/c2ccc(C)cc2C)C(C)C)=C(C)C=CN1c1ccc(C)c(C=N)c1. The Morgan fingerprint density at radius 2 is 1.73 bits per heavy atom. The van der Waals surface area contributed by atoms with Crippen LogP contribution in [0.4, 0.5) is 5.69 Å². The number of hydrogen-bond acceptors (Lipinski definition) is 2. The van der Waals surface area contributed by atoms with E-state index in [1.165, 1.54) is 34.1 Å². The van der Waals surface area contributed by atoms with Gasteiger partial charge in [0.05, 0.1) is 0 Å². The number of hydrogen-bond donors (Lipinski definition) is 1. The maximum Gasteiger partial charge on any atom is 0.0462 e. The molecule has 0 spiro atoms. The second-order valence-corrected chi connectivity index (χ2v) is 8.49. The molecule has 2 aromatic carbocycles. The van der Waals surface area contributed by atoms with Gasteiger partial charge in [-0.05, 0) is 91.3 Å². The molecule has 1 aliphatic heterocycles. The summed E-state index contributed by atoms with van der Waals surface area (Å²) in [6, 6.07) is 12.9. The van der Waals surface area contributed by atoms with E-state index < -0.39 is 0 Å². The van der Waals surface area contributed by atoms with Gasteiger partial charge in [0.25, 0.3) is 0 Å². The Morgan fingerprint density at radius 3 is 2.37 bits per heavy atom. The normalized spacial score (nSPS) is 14.7. The van der Waals surface area contributed by atoms with Crippen LogP contribution in [0, 0.1) is 32.1 Å². The summed E-state index contributed by atoms with van der Waals surface area (Å²) in [5.41, 5.74) is 11.6. The lowest BCUT2D eigenvalue weighted by molar-refractivity contribution is 0.852. The van der Waals surface area contributed by atoms with E-state index in [0.29, 0.717) is 5.92 Å². The molecule has 0 unspecified atom stereocenters. The lowest BCUT2D eigenvalue weighted by Crippen LogP contribution is -2.19. The maximum atomic E-state index is 7.68. The molecule has 0 amide bonds. The summed E-state index contributed by atoms with van der Waals surface area (Å²) in [6.07, 6.45) is 7.93. The van der Waals surface area contributed by atoms with Crippen molar-refractivity contribution in [1.82, 2.24) is 0 Å². The molecule has 3 rings (SSSR count). The molecule has 1 aliphatic rings. The van der Waals surface area contributed by atoms with Gasteiger partial charge >= 0.3 is 0 Å². The van der Waals surface area contributed by atoms with Gasteiger partial charge in [-0.1, -0.05) is 50.3 Å². The van der Waals surface area contributed by atoms with Crippen molar-refractivity contribution in [1.29, 1.82) is 5.41 Å². The molecule has 1 N–H and O–H groups in total. The molecule has 0 aromatic heterocycles. The fourth-order valence-corrected chi connectivity index (χ4v) is 3.94. The first-order valence-electron chi connectivity index (χ1n) is 10.5. The average molecular weight is 397 g/mol. The Labute approximate surface area is 181 Å². The molecule has 2 aromatic rings. The Bertz CT molecular complexity index is 1090. The van der Waals surface area contributed by atoms with E-state index in [1.54, 1.807) is 0 Å². The first-order chi connectivity index (χ1) is 14.2. The summed E-state index contributed by atoms with van der Waals surface area (Å²) in [5, 5.41) is 7.68. The van der Waals surface area contributed by atoms with Crippen LogP contribution in [0.3, 0.4) is 0 Å². The highest BCUT2D eigenvalue weighted by molar-refractivity contribution is 5.83. The van der Waals surface area contributed by atoms with Gasteiger partial charge in [-0.15, -0.1) is 0 Å². The van der Waals surface area contributed by atoms with Crippen molar-refractivity contribution in [2.45, 2.75) is 41.5 Å². The highest BCUT2D eigenvalue weighted by Gasteiger charge is 2.19. The van der Waals surface area contributed by atoms with Crippen molar-refractivity contribution in [2.75, 3.05) is 4.90 Å². The van der Waals surface area contributed by atoms with Gasteiger partial charge in [0.2, 0.25) is 0 Å². The number of rotatable bonds is 5. The number of nitrogens with zero attached hydrogens (tertiary/aromatic N) is 1. The molecule has 1 heterocycles. The van der Waals surface area contributed by atoms with E-state index in [2.05, 4.69) is 94.8 Å². The molecule has 0 saturated carbocycles. The van der Waals surface area contributed by atoms with Crippen molar-refractivity contribution in [3.63, 3.8) is 0 Å². The van der Waals surface area contributed by atoms with E-state index in [9.17, 15) is 0 Å². The fourth-order valence-electron chi connectivity index (χ4n) is 3.94. The minimum absolute atomic E-state index is 0.391. The molecular weight excluding hydrogens is 364 g/mol. The smallest absolute Gasteiger partial charge is 0.0462 e. The molecule has 0 fully saturated rings. The van der Waals surface area contributed by atoms with Gasteiger partial charge in [0, 0.05) is 29.4 Å². The number of aryl methyl sites for hydroxylation is 3. The molecule has 30 heavy (non-hydrogen) atoms. The highest BCUT2D eigenvalue weighted by atomic mass is 15.1. The van der Waals surface area contributed by atoms with Gasteiger partial charge in [0.1, 0.15) is 0 Å². The predicted molar refractivity (Wildman–Crippen MR) is 131 cm³/mol. The molecule has 2 nitrogen and oxygen atoms in total. The van der Waals surface area contributed by atoms with Crippen LogP contribution in [0.25, 0.3) is 5.57 Å². The summed E-state index contributed by atoms with van der Waals surface area (Å²) < 4.78 is 0. The van der Waals surface area contributed by atoms with Gasteiger partial charge in [0.15, 0.2) is 0 Å². The first-order valence-corrected chi connectivity index (χ1v) is 10.5. The third-order valence-electron chi connectivity index (χ3n) is 5.81. The zero-order valence-corrected chi connectivity index (χ0v) is 19.0. The van der Waals surface area contributed by atoms with Crippen LogP contribution in [0.15, 0.2) is 78.2 Å². The van der Waals surface area contributed by atoms with Crippen LogP contribution in [-0.2, 0) is 0 Å². The van der Waals surface area contributed by atoms with Gasteiger partial charge in [-0.25, -0.2) is 0 Å². The Hall–Kier alpha value is -3.13. The van der Waals surface area contributed by atoms with E-state index in [-0.39, 0.29) is 0 Å². The van der Waals surface area contributed by atoms with Crippen molar-refractivity contribution in [3.8, 4) is 0 Å². The number of nitrogens with one attached hydrogen (secondary N) is 1. The molecular formula is C28H32N2. The number of anilines is 1. The third-order valence-corrected chi connectivity index (χ3v) is 5.81. The second kappa shape index (κ2) is 8.71. The van der Waals surface area contributed by atoms with Crippen molar-refractivity contribution in [2.24, 2.45) is 5.92 Å². The van der Waals surface area contributed by atoms with E-state index in [0.717, 1.165) is 28.1 Å². The summed E-state index contributed by atoms with van der Waals surface area (Å²) in [5.74, 6) is 0.391. The molecule has 0 bridgehead atoms. The largest absolute Gasteiger partial charge is 0.317 e. The van der Waals surface area contributed by atoms with Crippen LogP contribution < -0.4 is 4.90 Å². The van der Waals surface area contributed by atoms with Gasteiger partial charge in [-0.2, -0.15) is 0 Å².